The highest BCUT2D eigenvalue weighted by Crippen LogP contribution is 2.19. The summed E-state index contributed by atoms with van der Waals surface area (Å²) >= 11 is 0. The number of rotatable bonds is 36. The molecule has 0 saturated carbocycles. The Morgan fingerprint density at radius 3 is 1.13 bits per heavy atom. The van der Waals surface area contributed by atoms with Gasteiger partial charge in [0.15, 0.2) is 5.78 Å². The van der Waals surface area contributed by atoms with Crippen molar-refractivity contribution in [1.82, 2.24) is 0 Å². The third-order valence-corrected chi connectivity index (χ3v) is 9.42. The monoisotopic (exact) mass is 635 g/mol. The number of unbranched alkanes of at least 4 members (excludes halogenated alkanes) is 26. The lowest BCUT2D eigenvalue weighted by molar-refractivity contribution is -0.155. The first-order valence-electron chi connectivity index (χ1n) is 20.2. The molecule has 4 nitrogen and oxygen atoms in total. The SMILES string of the molecule is CCCCCCCCCCCCCCCCC(=O)C(=O)C(CCCCCCCCCCCCCCCC)C(=O)OCCC(C)C. The molecule has 266 valence electrons. The zero-order valence-electron chi connectivity index (χ0n) is 30.9. The van der Waals surface area contributed by atoms with Crippen molar-refractivity contribution in [3.8, 4) is 0 Å². The third-order valence-electron chi connectivity index (χ3n) is 9.42. The molecule has 0 spiro atoms. The lowest BCUT2D eigenvalue weighted by Gasteiger charge is -2.15. The molecule has 0 heterocycles. The maximum absolute atomic E-state index is 13.1. The molecule has 0 aliphatic heterocycles. The molecule has 0 aromatic carbocycles. The molecule has 0 aromatic rings. The van der Waals surface area contributed by atoms with Gasteiger partial charge in [-0.25, -0.2) is 0 Å². The molecule has 0 rings (SSSR count). The van der Waals surface area contributed by atoms with Crippen molar-refractivity contribution in [2.75, 3.05) is 6.61 Å². The minimum Gasteiger partial charge on any atom is -0.465 e. The first-order valence-corrected chi connectivity index (χ1v) is 20.2. The van der Waals surface area contributed by atoms with E-state index >= 15 is 0 Å². The van der Waals surface area contributed by atoms with Crippen molar-refractivity contribution in [3.63, 3.8) is 0 Å². The minimum absolute atomic E-state index is 0.269. The van der Waals surface area contributed by atoms with Gasteiger partial charge in [-0.3, -0.25) is 14.4 Å². The molecule has 4 heteroatoms. The molecule has 45 heavy (non-hydrogen) atoms. The van der Waals surface area contributed by atoms with E-state index in [2.05, 4.69) is 27.7 Å². The van der Waals surface area contributed by atoms with Gasteiger partial charge in [-0.05, 0) is 25.2 Å². The Morgan fingerprint density at radius 2 is 0.778 bits per heavy atom. The highest BCUT2D eigenvalue weighted by molar-refractivity contribution is 6.41. The minimum atomic E-state index is -0.909. The van der Waals surface area contributed by atoms with Crippen LogP contribution in [0.2, 0.25) is 0 Å². The number of esters is 1. The highest BCUT2D eigenvalue weighted by atomic mass is 16.5. The van der Waals surface area contributed by atoms with Crippen LogP contribution in [0.4, 0.5) is 0 Å². The highest BCUT2D eigenvalue weighted by Gasteiger charge is 2.32. The van der Waals surface area contributed by atoms with E-state index in [-0.39, 0.29) is 12.2 Å². The summed E-state index contributed by atoms with van der Waals surface area (Å²) < 4.78 is 5.47. The zero-order valence-corrected chi connectivity index (χ0v) is 30.9. The van der Waals surface area contributed by atoms with Gasteiger partial charge in [0.2, 0.25) is 5.78 Å². The molecule has 0 radical (unpaired) electrons. The molecule has 1 unspecified atom stereocenters. The number of ether oxygens (including phenoxy) is 1. The van der Waals surface area contributed by atoms with Crippen molar-refractivity contribution < 1.29 is 19.1 Å². The molecule has 1 atom stereocenters. The normalized spacial score (nSPS) is 12.1. The Kier molecular flexibility index (Phi) is 33.2. The van der Waals surface area contributed by atoms with Gasteiger partial charge in [-0.2, -0.15) is 0 Å². The Morgan fingerprint density at radius 1 is 0.444 bits per heavy atom. The van der Waals surface area contributed by atoms with Gasteiger partial charge < -0.3 is 4.74 Å². The summed E-state index contributed by atoms with van der Waals surface area (Å²) in [4.78, 5) is 38.7. The molecular weight excluding hydrogens is 556 g/mol. The fraction of sp³-hybridized carbons (Fsp3) is 0.927. The molecule has 0 saturated heterocycles. The van der Waals surface area contributed by atoms with E-state index in [1.807, 2.05) is 0 Å². The Balaban J connectivity index is 4.14. The van der Waals surface area contributed by atoms with Crippen LogP contribution in [0, 0.1) is 11.8 Å². The smallest absolute Gasteiger partial charge is 0.316 e. The van der Waals surface area contributed by atoms with Gasteiger partial charge in [0.05, 0.1) is 6.61 Å². The average molecular weight is 635 g/mol. The quantitative estimate of drug-likeness (QED) is 0.0298. The molecular formula is C41H78O4. The van der Waals surface area contributed by atoms with Gasteiger partial charge in [0.25, 0.3) is 0 Å². The van der Waals surface area contributed by atoms with E-state index in [0.29, 0.717) is 18.9 Å². The summed E-state index contributed by atoms with van der Waals surface area (Å²) in [5, 5.41) is 0. The predicted octanol–water partition coefficient (Wildman–Crippen LogP) is 13.1. The van der Waals surface area contributed by atoms with Crippen molar-refractivity contribution in [3.05, 3.63) is 0 Å². The summed E-state index contributed by atoms with van der Waals surface area (Å²) in [5.41, 5.74) is 0. The maximum Gasteiger partial charge on any atom is 0.316 e. The Labute approximate surface area is 281 Å². The van der Waals surface area contributed by atoms with Crippen LogP contribution in [0.15, 0.2) is 0 Å². The van der Waals surface area contributed by atoms with Gasteiger partial charge in [0, 0.05) is 6.42 Å². The van der Waals surface area contributed by atoms with E-state index in [0.717, 1.165) is 44.9 Å². The Hall–Kier alpha value is -1.19. The van der Waals surface area contributed by atoms with Gasteiger partial charge >= 0.3 is 5.97 Å². The zero-order chi connectivity index (χ0) is 33.2. The van der Waals surface area contributed by atoms with E-state index in [4.69, 9.17) is 4.74 Å². The Bertz CT molecular complexity index is 670. The van der Waals surface area contributed by atoms with Crippen molar-refractivity contribution in [1.29, 1.82) is 0 Å². The fourth-order valence-corrected chi connectivity index (χ4v) is 6.19. The lowest BCUT2D eigenvalue weighted by Crippen LogP contribution is -2.32. The molecule has 0 aromatic heterocycles. The third kappa shape index (κ3) is 29.9. The second kappa shape index (κ2) is 34.2. The first kappa shape index (κ1) is 43.8. The second-order valence-corrected chi connectivity index (χ2v) is 14.4. The number of Topliss-reactive ketones (excluding diaryl/α,β-unsaturated/α-hetero) is 2. The van der Waals surface area contributed by atoms with Crippen molar-refractivity contribution in [2.24, 2.45) is 11.8 Å². The number of hydrogen-bond donors (Lipinski definition) is 0. The van der Waals surface area contributed by atoms with Gasteiger partial charge in [-0.1, -0.05) is 201 Å². The van der Waals surface area contributed by atoms with Crippen LogP contribution >= 0.6 is 0 Å². The second-order valence-electron chi connectivity index (χ2n) is 14.4. The van der Waals surface area contributed by atoms with E-state index in [1.165, 1.54) is 141 Å². The number of ketones is 2. The maximum atomic E-state index is 13.1. The molecule has 0 fully saturated rings. The molecule has 0 amide bonds. The molecule has 0 bridgehead atoms. The fourth-order valence-electron chi connectivity index (χ4n) is 6.19. The number of carbonyl (C=O) groups excluding carboxylic acids is 3. The van der Waals surface area contributed by atoms with Crippen LogP contribution in [-0.4, -0.2) is 24.1 Å². The molecule has 0 aliphatic carbocycles. The van der Waals surface area contributed by atoms with Gasteiger partial charge in [-0.15, -0.1) is 0 Å². The van der Waals surface area contributed by atoms with Crippen molar-refractivity contribution >= 4 is 17.5 Å². The summed E-state index contributed by atoms with van der Waals surface area (Å²) in [6.07, 6.45) is 36.8. The number of hydrogen-bond acceptors (Lipinski definition) is 4. The van der Waals surface area contributed by atoms with Gasteiger partial charge in [0.1, 0.15) is 5.92 Å². The molecule has 0 N–H and O–H groups in total. The van der Waals surface area contributed by atoms with E-state index < -0.39 is 17.7 Å². The van der Waals surface area contributed by atoms with Crippen LogP contribution in [0.5, 0.6) is 0 Å². The van der Waals surface area contributed by atoms with E-state index in [9.17, 15) is 14.4 Å². The van der Waals surface area contributed by atoms with Crippen LogP contribution in [0.1, 0.15) is 227 Å². The summed E-state index contributed by atoms with van der Waals surface area (Å²) in [5.74, 6) is -1.84. The summed E-state index contributed by atoms with van der Waals surface area (Å²) in [6, 6.07) is 0. The molecule has 0 aliphatic rings. The summed E-state index contributed by atoms with van der Waals surface area (Å²) in [7, 11) is 0. The number of carbonyl (C=O) groups is 3. The lowest BCUT2D eigenvalue weighted by atomic mass is 9.92. The summed E-state index contributed by atoms with van der Waals surface area (Å²) in [6.45, 7) is 9.04. The average Bonchev–Trinajstić information content (AvgIpc) is 3.02. The van der Waals surface area contributed by atoms with E-state index in [1.54, 1.807) is 0 Å². The predicted molar refractivity (Wildman–Crippen MR) is 194 cm³/mol. The van der Waals surface area contributed by atoms with Crippen LogP contribution in [-0.2, 0) is 19.1 Å². The standard InChI is InChI=1S/C41H78O4/c1-5-7-9-11-13-15-17-19-21-23-25-27-29-31-33-38(41(44)45-36-35-37(3)4)40(43)39(42)34-32-30-28-26-24-22-20-18-16-14-12-10-8-6-2/h37-38H,5-36H2,1-4H3. The van der Waals surface area contributed by atoms with Crippen LogP contribution in [0.25, 0.3) is 0 Å². The largest absolute Gasteiger partial charge is 0.465 e. The van der Waals surface area contributed by atoms with Crippen LogP contribution in [0.3, 0.4) is 0 Å². The topological polar surface area (TPSA) is 60.4 Å². The first-order chi connectivity index (χ1) is 21.9. The van der Waals surface area contributed by atoms with Crippen LogP contribution < -0.4 is 0 Å². The van der Waals surface area contributed by atoms with Crippen molar-refractivity contribution in [2.45, 2.75) is 227 Å².